The molecule has 3 fully saturated rings. The molecule has 4 rings (SSSR count). The number of halogens is 3. The predicted molar refractivity (Wildman–Crippen MR) is 125 cm³/mol. The average molecular weight is 532 g/mol. The molecule has 8 nitrogen and oxygen atoms in total. The third-order valence-electron chi connectivity index (χ3n) is 7.54. The zero-order chi connectivity index (χ0) is 26.0. The van der Waals surface area contributed by atoms with Crippen molar-refractivity contribution in [2.75, 3.05) is 37.8 Å². The molecule has 200 valence electrons. The van der Waals surface area contributed by atoms with Gasteiger partial charge in [-0.2, -0.15) is 0 Å². The van der Waals surface area contributed by atoms with Crippen LogP contribution < -0.4 is 5.73 Å². The van der Waals surface area contributed by atoms with Crippen LogP contribution in [-0.2, 0) is 30.6 Å². The molecule has 36 heavy (non-hydrogen) atoms. The Balaban J connectivity index is 1.30. The maximum absolute atomic E-state index is 14.1. The van der Waals surface area contributed by atoms with Crippen LogP contribution in [0.15, 0.2) is 12.1 Å². The van der Waals surface area contributed by atoms with Crippen LogP contribution in [0, 0.1) is 23.4 Å². The maximum Gasteiger partial charge on any atom is 0.237 e. The van der Waals surface area contributed by atoms with Crippen molar-refractivity contribution in [2.45, 2.75) is 56.7 Å². The molecule has 0 saturated carbocycles. The Morgan fingerprint density at radius 2 is 1.61 bits per heavy atom. The summed E-state index contributed by atoms with van der Waals surface area (Å²) in [6.45, 7) is 1.47. The number of morpholine rings is 1. The van der Waals surface area contributed by atoms with Crippen molar-refractivity contribution in [1.29, 1.82) is 0 Å². The fourth-order valence-electron chi connectivity index (χ4n) is 5.65. The molecule has 1 aromatic carbocycles. The van der Waals surface area contributed by atoms with Gasteiger partial charge in [0, 0.05) is 43.7 Å². The number of nitrogens with zero attached hydrogens (tertiary/aromatic N) is 2. The second kappa shape index (κ2) is 11.1. The predicted octanol–water partition coefficient (Wildman–Crippen LogP) is 1.41. The summed E-state index contributed by atoms with van der Waals surface area (Å²) in [5.41, 5.74) is 6.34. The zero-order valence-electron chi connectivity index (χ0n) is 20.0. The molecule has 0 aliphatic carbocycles. The molecular weight excluding hydrogens is 499 g/mol. The Bertz CT molecular complexity index is 1080. The van der Waals surface area contributed by atoms with E-state index in [-0.39, 0.29) is 42.3 Å². The Morgan fingerprint density at radius 3 is 2.25 bits per heavy atom. The van der Waals surface area contributed by atoms with E-state index in [1.54, 1.807) is 4.90 Å². The SMILES string of the molecule is N[C@H](Cc1cc(F)c(F)cc1F)[C@H]1C[C@H]2CC[C@@H](C1)N2C(=O)CCS(=O)(=O)CC(=O)N1CCOCC1. The van der Waals surface area contributed by atoms with E-state index in [0.29, 0.717) is 45.2 Å². The van der Waals surface area contributed by atoms with Gasteiger partial charge < -0.3 is 20.3 Å². The van der Waals surface area contributed by atoms with E-state index in [0.717, 1.165) is 18.9 Å². The molecule has 1 aromatic rings. The van der Waals surface area contributed by atoms with Gasteiger partial charge >= 0.3 is 0 Å². The lowest BCUT2D eigenvalue weighted by molar-refractivity contribution is -0.136. The van der Waals surface area contributed by atoms with Gasteiger partial charge in [0.15, 0.2) is 21.5 Å². The molecule has 0 aromatic heterocycles. The lowest BCUT2D eigenvalue weighted by Gasteiger charge is -2.41. The molecule has 0 radical (unpaired) electrons. The summed E-state index contributed by atoms with van der Waals surface area (Å²) in [5, 5.41) is 0. The van der Waals surface area contributed by atoms with Gasteiger partial charge in [0.1, 0.15) is 11.6 Å². The van der Waals surface area contributed by atoms with Gasteiger partial charge in [0.05, 0.1) is 19.0 Å². The molecule has 3 aliphatic heterocycles. The minimum absolute atomic E-state index is 0.0177. The van der Waals surface area contributed by atoms with Crippen molar-refractivity contribution in [3.05, 3.63) is 35.1 Å². The minimum Gasteiger partial charge on any atom is -0.378 e. The van der Waals surface area contributed by atoms with Crippen LogP contribution in [0.2, 0.25) is 0 Å². The normalized spacial score (nSPS) is 25.2. The highest BCUT2D eigenvalue weighted by Gasteiger charge is 2.44. The number of benzene rings is 1. The number of hydrogen-bond acceptors (Lipinski definition) is 6. The first-order valence-corrected chi connectivity index (χ1v) is 14.1. The van der Waals surface area contributed by atoms with Gasteiger partial charge in [-0.1, -0.05) is 0 Å². The van der Waals surface area contributed by atoms with Crippen LogP contribution in [-0.4, -0.2) is 86.0 Å². The molecule has 3 heterocycles. The molecule has 12 heteroatoms. The molecule has 2 bridgehead atoms. The molecular formula is C24H32F3N3O5S. The molecule has 0 spiro atoms. The number of amides is 2. The van der Waals surface area contributed by atoms with E-state index < -0.39 is 50.7 Å². The van der Waals surface area contributed by atoms with E-state index in [1.807, 2.05) is 0 Å². The number of sulfone groups is 1. The fourth-order valence-corrected chi connectivity index (χ4v) is 6.84. The lowest BCUT2D eigenvalue weighted by atomic mass is 9.82. The Hall–Kier alpha value is -2.18. The zero-order valence-corrected chi connectivity index (χ0v) is 20.8. The number of carbonyl (C=O) groups is 2. The minimum atomic E-state index is -3.74. The monoisotopic (exact) mass is 531 g/mol. The lowest BCUT2D eigenvalue weighted by Crippen LogP contribution is -2.50. The van der Waals surface area contributed by atoms with Crippen LogP contribution in [0.3, 0.4) is 0 Å². The van der Waals surface area contributed by atoms with Crippen molar-refractivity contribution in [3.63, 3.8) is 0 Å². The molecule has 2 amide bonds. The smallest absolute Gasteiger partial charge is 0.237 e. The summed E-state index contributed by atoms with van der Waals surface area (Å²) in [4.78, 5) is 28.5. The van der Waals surface area contributed by atoms with Crippen molar-refractivity contribution in [1.82, 2.24) is 9.80 Å². The van der Waals surface area contributed by atoms with Crippen molar-refractivity contribution < 1.29 is 35.9 Å². The van der Waals surface area contributed by atoms with E-state index >= 15 is 0 Å². The Kier molecular flexibility index (Phi) is 8.25. The summed E-state index contributed by atoms with van der Waals surface area (Å²) < 4.78 is 71.0. The van der Waals surface area contributed by atoms with E-state index in [1.165, 1.54) is 4.90 Å². The van der Waals surface area contributed by atoms with Gasteiger partial charge in [0.2, 0.25) is 11.8 Å². The summed E-state index contributed by atoms with van der Waals surface area (Å²) in [5.74, 6) is -4.99. The number of piperidine rings is 1. The van der Waals surface area contributed by atoms with Crippen molar-refractivity contribution >= 4 is 21.7 Å². The fraction of sp³-hybridized carbons (Fsp3) is 0.667. The number of rotatable bonds is 8. The molecule has 0 unspecified atom stereocenters. The highest BCUT2D eigenvalue weighted by molar-refractivity contribution is 7.92. The number of carbonyl (C=O) groups excluding carboxylic acids is 2. The van der Waals surface area contributed by atoms with Gasteiger partial charge in [-0.15, -0.1) is 0 Å². The van der Waals surface area contributed by atoms with Crippen LogP contribution in [0.25, 0.3) is 0 Å². The molecule has 3 aliphatic rings. The highest BCUT2D eigenvalue weighted by atomic mass is 32.2. The van der Waals surface area contributed by atoms with Crippen LogP contribution in [0.5, 0.6) is 0 Å². The standard InChI is InChI=1S/C24H32F3N3O5S/c25-19-13-21(27)20(26)11-15(19)12-22(28)16-9-17-1-2-18(10-16)30(17)23(31)3-8-36(33,34)14-24(32)29-4-6-35-7-5-29/h11,13,16-18,22H,1-10,12,14,28H2/t16-,17+,18-,22-/m1/s1. The number of ether oxygens (including phenoxy) is 1. The van der Waals surface area contributed by atoms with E-state index in [2.05, 4.69) is 0 Å². The molecule has 3 saturated heterocycles. The Morgan fingerprint density at radius 1 is 1.00 bits per heavy atom. The largest absolute Gasteiger partial charge is 0.378 e. The Labute approximate surface area is 208 Å². The van der Waals surface area contributed by atoms with Crippen molar-refractivity contribution in [2.24, 2.45) is 11.7 Å². The number of fused-ring (bicyclic) bond motifs is 2. The van der Waals surface area contributed by atoms with Gasteiger partial charge in [-0.25, -0.2) is 21.6 Å². The molecule has 2 N–H and O–H groups in total. The topological polar surface area (TPSA) is 110 Å². The van der Waals surface area contributed by atoms with E-state index in [9.17, 15) is 31.2 Å². The van der Waals surface area contributed by atoms with Crippen LogP contribution in [0.4, 0.5) is 13.2 Å². The summed E-state index contributed by atoms with van der Waals surface area (Å²) in [6.07, 6.45) is 2.55. The summed E-state index contributed by atoms with van der Waals surface area (Å²) in [7, 11) is -3.74. The number of hydrogen-bond donors (Lipinski definition) is 1. The third-order valence-corrected chi connectivity index (χ3v) is 9.05. The second-order valence-corrected chi connectivity index (χ2v) is 12.2. The average Bonchev–Trinajstić information content (AvgIpc) is 3.10. The van der Waals surface area contributed by atoms with Crippen molar-refractivity contribution in [3.8, 4) is 0 Å². The third kappa shape index (κ3) is 6.20. The van der Waals surface area contributed by atoms with E-state index in [4.69, 9.17) is 10.5 Å². The first-order chi connectivity index (χ1) is 17.0. The maximum atomic E-state index is 14.1. The molecule has 4 atom stereocenters. The second-order valence-electron chi connectivity index (χ2n) is 9.98. The summed E-state index contributed by atoms with van der Waals surface area (Å²) >= 11 is 0. The first kappa shape index (κ1) is 26.9. The van der Waals surface area contributed by atoms with Gasteiger partial charge in [0.25, 0.3) is 0 Å². The number of nitrogens with two attached hydrogens (primary N) is 1. The first-order valence-electron chi connectivity index (χ1n) is 12.3. The van der Waals surface area contributed by atoms with Gasteiger partial charge in [-0.3, -0.25) is 9.59 Å². The van der Waals surface area contributed by atoms with Crippen LogP contribution >= 0.6 is 0 Å². The highest BCUT2D eigenvalue weighted by Crippen LogP contribution is 2.40. The van der Waals surface area contributed by atoms with Crippen LogP contribution in [0.1, 0.15) is 37.7 Å². The summed E-state index contributed by atoms with van der Waals surface area (Å²) in [6, 6.07) is 0.670. The van der Waals surface area contributed by atoms with Gasteiger partial charge in [-0.05, 0) is 49.7 Å². The quantitative estimate of drug-likeness (QED) is 0.508.